The summed E-state index contributed by atoms with van der Waals surface area (Å²) in [4.78, 5) is 4.12. The zero-order valence-electron chi connectivity index (χ0n) is 15.1. The first-order valence-electron chi connectivity index (χ1n) is 8.25. The number of nitrogens with zero attached hydrogens (tertiary/aromatic N) is 1. The van der Waals surface area contributed by atoms with E-state index in [4.69, 9.17) is 0 Å². The molecule has 0 heterocycles. The van der Waals surface area contributed by atoms with Gasteiger partial charge in [0, 0.05) is 13.1 Å². The highest BCUT2D eigenvalue weighted by Crippen LogP contribution is 2.32. The van der Waals surface area contributed by atoms with Crippen molar-refractivity contribution in [3.05, 3.63) is 35.1 Å². The molecule has 0 radical (unpaired) electrons. The summed E-state index contributed by atoms with van der Waals surface area (Å²) in [5, 5.41) is 16.1. The number of aliphatic hydroxyl groups is 1. The fourth-order valence-corrected chi connectivity index (χ4v) is 2.20. The third-order valence-corrected chi connectivity index (χ3v) is 4.03. The number of guanidine groups is 1. The van der Waals surface area contributed by atoms with Gasteiger partial charge in [-0.2, -0.15) is 13.2 Å². The summed E-state index contributed by atoms with van der Waals surface area (Å²) in [7, 11) is 0. The van der Waals surface area contributed by atoms with Crippen molar-refractivity contribution in [2.45, 2.75) is 51.9 Å². The van der Waals surface area contributed by atoms with Crippen molar-refractivity contribution in [3.63, 3.8) is 0 Å². The standard InChI is InChI=1S/C17H25F4N3O.HI/c1-4-16(25,5-2)11-24-15(22-6-3)23-10-12-7-8-13(18)9-14(12)17(19,20)21;/h7-9,25H,4-6,10-11H2,1-3H3,(H2,22,23,24);1H. The maximum Gasteiger partial charge on any atom is 0.416 e. The second-order valence-corrected chi connectivity index (χ2v) is 5.78. The number of halogens is 5. The minimum atomic E-state index is -4.65. The molecule has 0 spiro atoms. The lowest BCUT2D eigenvalue weighted by Gasteiger charge is -2.26. The molecule has 4 nitrogen and oxygen atoms in total. The molecular weight excluding hydrogens is 465 g/mol. The Labute approximate surface area is 168 Å². The molecular formula is C17H26F4IN3O. The average Bonchev–Trinajstić information content (AvgIpc) is 2.57. The van der Waals surface area contributed by atoms with E-state index in [-0.39, 0.29) is 42.6 Å². The second kappa shape index (κ2) is 10.9. The number of alkyl halides is 3. The summed E-state index contributed by atoms with van der Waals surface area (Å²) in [5.74, 6) is -0.652. The molecule has 9 heteroatoms. The summed E-state index contributed by atoms with van der Waals surface area (Å²) in [6, 6.07) is 2.53. The molecule has 150 valence electrons. The van der Waals surface area contributed by atoms with Crippen LogP contribution in [0.15, 0.2) is 23.2 Å². The Kier molecular flexibility index (Phi) is 10.4. The van der Waals surface area contributed by atoms with Crippen LogP contribution in [0, 0.1) is 5.82 Å². The van der Waals surface area contributed by atoms with Gasteiger partial charge in [0.1, 0.15) is 5.82 Å². The van der Waals surface area contributed by atoms with Gasteiger partial charge in [0.25, 0.3) is 0 Å². The Morgan fingerprint density at radius 1 is 1.12 bits per heavy atom. The zero-order valence-corrected chi connectivity index (χ0v) is 17.4. The van der Waals surface area contributed by atoms with Gasteiger partial charge in [0.05, 0.1) is 17.7 Å². The van der Waals surface area contributed by atoms with Crippen molar-refractivity contribution in [2.24, 2.45) is 4.99 Å². The van der Waals surface area contributed by atoms with E-state index >= 15 is 0 Å². The van der Waals surface area contributed by atoms with Gasteiger partial charge < -0.3 is 15.7 Å². The quantitative estimate of drug-likeness (QED) is 0.233. The van der Waals surface area contributed by atoms with Gasteiger partial charge in [-0.25, -0.2) is 9.38 Å². The number of benzene rings is 1. The maximum absolute atomic E-state index is 13.1. The normalized spacial score (nSPS) is 12.5. The van der Waals surface area contributed by atoms with Crippen molar-refractivity contribution < 1.29 is 22.7 Å². The largest absolute Gasteiger partial charge is 0.416 e. The smallest absolute Gasteiger partial charge is 0.388 e. The van der Waals surface area contributed by atoms with Gasteiger partial charge in [0.15, 0.2) is 5.96 Å². The average molecular weight is 491 g/mol. The molecule has 0 aliphatic heterocycles. The van der Waals surface area contributed by atoms with Crippen LogP contribution in [0.2, 0.25) is 0 Å². The lowest BCUT2D eigenvalue weighted by molar-refractivity contribution is -0.138. The SMILES string of the molecule is CCNC(=NCc1ccc(F)cc1C(F)(F)F)NCC(O)(CC)CC.I. The molecule has 0 atom stereocenters. The van der Waals surface area contributed by atoms with Crippen LogP contribution < -0.4 is 10.6 Å². The molecule has 0 saturated carbocycles. The van der Waals surface area contributed by atoms with Crippen LogP contribution in [0.1, 0.15) is 44.7 Å². The molecule has 1 aromatic rings. The fraction of sp³-hybridized carbons (Fsp3) is 0.588. The van der Waals surface area contributed by atoms with Crippen molar-refractivity contribution in [3.8, 4) is 0 Å². The Bertz CT molecular complexity index is 590. The molecule has 0 amide bonds. The summed E-state index contributed by atoms with van der Waals surface area (Å²) in [6.45, 7) is 6.00. The number of rotatable bonds is 7. The summed E-state index contributed by atoms with van der Waals surface area (Å²) < 4.78 is 52.2. The van der Waals surface area contributed by atoms with Crippen LogP contribution in [0.25, 0.3) is 0 Å². The lowest BCUT2D eigenvalue weighted by Crippen LogP contribution is -2.46. The van der Waals surface area contributed by atoms with E-state index in [1.54, 1.807) is 0 Å². The third kappa shape index (κ3) is 7.65. The van der Waals surface area contributed by atoms with Gasteiger partial charge >= 0.3 is 6.18 Å². The minimum absolute atomic E-state index is 0. The van der Waals surface area contributed by atoms with Gasteiger partial charge in [-0.1, -0.05) is 19.9 Å². The van der Waals surface area contributed by atoms with Crippen LogP contribution in [0.4, 0.5) is 17.6 Å². The Morgan fingerprint density at radius 2 is 1.73 bits per heavy atom. The first-order chi connectivity index (χ1) is 11.6. The molecule has 0 aromatic heterocycles. The van der Waals surface area contributed by atoms with E-state index in [2.05, 4.69) is 15.6 Å². The highest BCUT2D eigenvalue weighted by molar-refractivity contribution is 14.0. The summed E-state index contributed by atoms with van der Waals surface area (Å²) in [5.41, 5.74) is -2.07. The zero-order chi connectivity index (χ0) is 19.1. The molecule has 0 fully saturated rings. The molecule has 26 heavy (non-hydrogen) atoms. The number of hydrogen-bond acceptors (Lipinski definition) is 2. The molecule has 0 saturated heterocycles. The number of hydrogen-bond donors (Lipinski definition) is 3. The van der Waals surface area contributed by atoms with Gasteiger partial charge in [-0.15, -0.1) is 24.0 Å². The van der Waals surface area contributed by atoms with Crippen molar-refractivity contribution in [2.75, 3.05) is 13.1 Å². The Balaban J connectivity index is 0.00000625. The molecule has 3 N–H and O–H groups in total. The summed E-state index contributed by atoms with van der Waals surface area (Å²) >= 11 is 0. The van der Waals surface area contributed by atoms with Crippen LogP contribution >= 0.6 is 24.0 Å². The van der Waals surface area contributed by atoms with Gasteiger partial charge in [0.2, 0.25) is 0 Å². The number of aliphatic imine (C=N–C) groups is 1. The van der Waals surface area contributed by atoms with Crippen LogP contribution in [-0.2, 0) is 12.7 Å². The Morgan fingerprint density at radius 3 is 2.23 bits per heavy atom. The van der Waals surface area contributed by atoms with E-state index in [1.807, 2.05) is 20.8 Å². The van der Waals surface area contributed by atoms with Crippen LogP contribution in [-0.4, -0.2) is 29.8 Å². The molecule has 0 aliphatic carbocycles. The Hall–Kier alpha value is -1.10. The van der Waals surface area contributed by atoms with Gasteiger partial charge in [-0.05, 0) is 37.5 Å². The molecule has 1 rings (SSSR count). The van der Waals surface area contributed by atoms with Crippen molar-refractivity contribution in [1.29, 1.82) is 0 Å². The van der Waals surface area contributed by atoms with Crippen LogP contribution in [0.5, 0.6) is 0 Å². The van der Waals surface area contributed by atoms with E-state index < -0.39 is 23.2 Å². The van der Waals surface area contributed by atoms with E-state index in [0.29, 0.717) is 31.4 Å². The second-order valence-electron chi connectivity index (χ2n) is 5.78. The van der Waals surface area contributed by atoms with Crippen molar-refractivity contribution in [1.82, 2.24) is 10.6 Å². The summed E-state index contributed by atoms with van der Waals surface area (Å²) in [6.07, 6.45) is -3.58. The predicted octanol–water partition coefficient (Wildman–Crippen LogP) is 4.07. The molecule has 0 unspecified atom stereocenters. The van der Waals surface area contributed by atoms with E-state index in [9.17, 15) is 22.7 Å². The van der Waals surface area contributed by atoms with E-state index in [0.717, 1.165) is 12.1 Å². The monoisotopic (exact) mass is 491 g/mol. The molecule has 1 aromatic carbocycles. The predicted molar refractivity (Wildman–Crippen MR) is 105 cm³/mol. The van der Waals surface area contributed by atoms with Crippen molar-refractivity contribution >= 4 is 29.9 Å². The highest BCUT2D eigenvalue weighted by atomic mass is 127. The topological polar surface area (TPSA) is 56.7 Å². The third-order valence-electron chi connectivity index (χ3n) is 4.03. The number of nitrogens with one attached hydrogen (secondary N) is 2. The maximum atomic E-state index is 13.1. The minimum Gasteiger partial charge on any atom is -0.388 e. The molecule has 0 aliphatic rings. The van der Waals surface area contributed by atoms with Crippen LogP contribution in [0.3, 0.4) is 0 Å². The molecule has 0 bridgehead atoms. The highest BCUT2D eigenvalue weighted by Gasteiger charge is 2.33. The first kappa shape index (κ1) is 24.9. The first-order valence-corrected chi connectivity index (χ1v) is 8.25. The van der Waals surface area contributed by atoms with E-state index in [1.165, 1.54) is 0 Å². The van der Waals surface area contributed by atoms with Gasteiger partial charge in [-0.3, -0.25) is 0 Å². The lowest BCUT2D eigenvalue weighted by atomic mass is 9.98. The fourth-order valence-electron chi connectivity index (χ4n) is 2.20.